The standard InChI is InChI=1S/C9H14N2O2/c1-2-3-4-9(11-8-13)5-6-10-7-12/h9H,2-6H2,1H3. The minimum Gasteiger partial charge on any atom is -0.211 e. The summed E-state index contributed by atoms with van der Waals surface area (Å²) in [6.07, 6.45) is 6.58. The molecule has 72 valence electrons. The largest absolute Gasteiger partial charge is 0.235 e. The second-order valence-corrected chi connectivity index (χ2v) is 2.78. The van der Waals surface area contributed by atoms with Crippen molar-refractivity contribution in [2.24, 2.45) is 9.98 Å². The molecular weight excluding hydrogens is 168 g/mol. The van der Waals surface area contributed by atoms with Crippen molar-refractivity contribution in [1.29, 1.82) is 0 Å². The summed E-state index contributed by atoms with van der Waals surface area (Å²) in [7, 11) is 0. The van der Waals surface area contributed by atoms with Gasteiger partial charge in [-0.2, -0.15) is 0 Å². The Morgan fingerprint density at radius 1 is 1.23 bits per heavy atom. The SMILES string of the molecule is CCCCC(CCN=C=O)N=C=O. The van der Waals surface area contributed by atoms with Crippen LogP contribution in [0.5, 0.6) is 0 Å². The molecule has 0 radical (unpaired) electrons. The molecule has 0 fully saturated rings. The van der Waals surface area contributed by atoms with Gasteiger partial charge in [-0.15, -0.1) is 0 Å². The number of carbonyl (C=O) groups excluding carboxylic acids is 2. The van der Waals surface area contributed by atoms with E-state index in [1.807, 2.05) is 0 Å². The van der Waals surface area contributed by atoms with Gasteiger partial charge in [-0.05, 0) is 12.8 Å². The number of hydrogen-bond donors (Lipinski definition) is 0. The quantitative estimate of drug-likeness (QED) is 0.443. The first-order valence-electron chi connectivity index (χ1n) is 4.45. The zero-order valence-corrected chi connectivity index (χ0v) is 7.82. The lowest BCUT2D eigenvalue weighted by Crippen LogP contribution is -2.05. The molecule has 0 aliphatic rings. The van der Waals surface area contributed by atoms with Crippen LogP contribution in [-0.4, -0.2) is 24.7 Å². The van der Waals surface area contributed by atoms with E-state index >= 15 is 0 Å². The molecule has 13 heavy (non-hydrogen) atoms. The van der Waals surface area contributed by atoms with Crippen LogP contribution < -0.4 is 0 Å². The van der Waals surface area contributed by atoms with Gasteiger partial charge in [0.2, 0.25) is 12.2 Å². The lowest BCUT2D eigenvalue weighted by atomic mass is 10.1. The van der Waals surface area contributed by atoms with E-state index in [4.69, 9.17) is 0 Å². The highest BCUT2D eigenvalue weighted by Gasteiger charge is 2.04. The Kier molecular flexibility index (Phi) is 8.01. The summed E-state index contributed by atoms with van der Waals surface area (Å²) in [6, 6.07) is -0.0328. The molecule has 0 aromatic carbocycles. The van der Waals surface area contributed by atoms with Crippen LogP contribution in [0.4, 0.5) is 0 Å². The van der Waals surface area contributed by atoms with Crippen molar-refractivity contribution >= 4 is 12.2 Å². The van der Waals surface area contributed by atoms with Gasteiger partial charge in [0.15, 0.2) is 0 Å². The minimum atomic E-state index is -0.0328. The average molecular weight is 182 g/mol. The topological polar surface area (TPSA) is 58.9 Å². The molecule has 1 atom stereocenters. The fourth-order valence-electron chi connectivity index (χ4n) is 1.05. The van der Waals surface area contributed by atoms with Crippen LogP contribution >= 0.6 is 0 Å². The highest BCUT2D eigenvalue weighted by molar-refractivity contribution is 5.34. The van der Waals surface area contributed by atoms with Crippen molar-refractivity contribution in [1.82, 2.24) is 0 Å². The average Bonchev–Trinajstić information content (AvgIpc) is 2.14. The number of hydrogen-bond acceptors (Lipinski definition) is 4. The maximum absolute atomic E-state index is 10.0. The molecule has 0 saturated heterocycles. The Bertz CT molecular complexity index is 216. The Morgan fingerprint density at radius 3 is 2.54 bits per heavy atom. The van der Waals surface area contributed by atoms with Gasteiger partial charge in [0.1, 0.15) is 0 Å². The van der Waals surface area contributed by atoms with Crippen molar-refractivity contribution in [3.8, 4) is 0 Å². The van der Waals surface area contributed by atoms with Gasteiger partial charge in [0.25, 0.3) is 0 Å². The third kappa shape index (κ3) is 7.13. The smallest absolute Gasteiger partial charge is 0.211 e. The maximum Gasteiger partial charge on any atom is 0.235 e. The predicted molar refractivity (Wildman–Crippen MR) is 49.0 cm³/mol. The lowest BCUT2D eigenvalue weighted by Gasteiger charge is -2.06. The maximum atomic E-state index is 10.0. The van der Waals surface area contributed by atoms with E-state index in [2.05, 4.69) is 16.9 Å². The van der Waals surface area contributed by atoms with Gasteiger partial charge in [-0.25, -0.2) is 19.6 Å². The highest BCUT2D eigenvalue weighted by atomic mass is 16.1. The van der Waals surface area contributed by atoms with Crippen LogP contribution in [0.25, 0.3) is 0 Å². The summed E-state index contributed by atoms with van der Waals surface area (Å²) in [5.41, 5.74) is 0. The molecule has 0 aromatic heterocycles. The summed E-state index contributed by atoms with van der Waals surface area (Å²) in [5, 5.41) is 0. The van der Waals surface area contributed by atoms with E-state index in [-0.39, 0.29) is 6.04 Å². The van der Waals surface area contributed by atoms with Crippen molar-refractivity contribution in [3.05, 3.63) is 0 Å². The third-order valence-corrected chi connectivity index (χ3v) is 1.76. The molecular formula is C9H14N2O2. The number of rotatable bonds is 7. The summed E-state index contributed by atoms with van der Waals surface area (Å²) in [4.78, 5) is 26.8. The van der Waals surface area contributed by atoms with Crippen molar-refractivity contribution in [3.63, 3.8) is 0 Å². The lowest BCUT2D eigenvalue weighted by molar-refractivity contribution is 0.524. The number of isocyanates is 2. The second-order valence-electron chi connectivity index (χ2n) is 2.78. The first-order valence-corrected chi connectivity index (χ1v) is 4.45. The fourth-order valence-corrected chi connectivity index (χ4v) is 1.05. The van der Waals surface area contributed by atoms with E-state index < -0.39 is 0 Å². The molecule has 0 aromatic rings. The molecule has 0 aliphatic carbocycles. The van der Waals surface area contributed by atoms with Gasteiger partial charge in [-0.3, -0.25) is 0 Å². The van der Waals surface area contributed by atoms with Crippen LogP contribution in [0, 0.1) is 0 Å². The van der Waals surface area contributed by atoms with Gasteiger partial charge in [0.05, 0.1) is 12.6 Å². The summed E-state index contributed by atoms with van der Waals surface area (Å²) in [5.74, 6) is 0. The van der Waals surface area contributed by atoms with E-state index in [0.717, 1.165) is 19.3 Å². The molecule has 4 nitrogen and oxygen atoms in total. The van der Waals surface area contributed by atoms with E-state index in [0.29, 0.717) is 13.0 Å². The molecule has 0 rings (SSSR count). The number of unbranched alkanes of at least 4 members (excludes halogenated alkanes) is 1. The molecule has 0 spiro atoms. The van der Waals surface area contributed by atoms with Crippen molar-refractivity contribution < 1.29 is 9.59 Å². The first kappa shape index (κ1) is 11.8. The third-order valence-electron chi connectivity index (χ3n) is 1.76. The molecule has 0 saturated carbocycles. The van der Waals surface area contributed by atoms with Crippen LogP contribution in [0.1, 0.15) is 32.6 Å². The molecule has 1 unspecified atom stereocenters. The highest BCUT2D eigenvalue weighted by Crippen LogP contribution is 2.07. The molecule has 0 aliphatic heterocycles. The monoisotopic (exact) mass is 182 g/mol. The molecule has 4 heteroatoms. The molecule has 0 heterocycles. The van der Waals surface area contributed by atoms with Gasteiger partial charge >= 0.3 is 0 Å². The van der Waals surface area contributed by atoms with E-state index in [9.17, 15) is 9.59 Å². The van der Waals surface area contributed by atoms with Crippen LogP contribution in [0.3, 0.4) is 0 Å². The van der Waals surface area contributed by atoms with Gasteiger partial charge in [-0.1, -0.05) is 19.8 Å². The Labute approximate surface area is 77.8 Å². The summed E-state index contributed by atoms with van der Waals surface area (Å²) in [6.45, 7) is 2.47. The van der Waals surface area contributed by atoms with Crippen LogP contribution in [-0.2, 0) is 9.59 Å². The molecule has 0 amide bonds. The Balaban J connectivity index is 3.78. The number of nitrogens with zero attached hydrogens (tertiary/aromatic N) is 2. The summed E-state index contributed by atoms with van der Waals surface area (Å²) < 4.78 is 0. The van der Waals surface area contributed by atoms with Crippen LogP contribution in [0.2, 0.25) is 0 Å². The molecule has 0 N–H and O–H groups in total. The first-order chi connectivity index (χ1) is 6.35. The van der Waals surface area contributed by atoms with Crippen molar-refractivity contribution in [2.75, 3.05) is 6.54 Å². The number of aliphatic imine (C=N–C) groups is 2. The zero-order chi connectivity index (χ0) is 9.94. The second kappa shape index (κ2) is 8.85. The Morgan fingerprint density at radius 2 is 2.00 bits per heavy atom. The summed E-state index contributed by atoms with van der Waals surface area (Å²) >= 11 is 0. The predicted octanol–water partition coefficient (Wildman–Crippen LogP) is 1.61. The van der Waals surface area contributed by atoms with E-state index in [1.165, 1.54) is 12.2 Å². The van der Waals surface area contributed by atoms with Gasteiger partial charge < -0.3 is 0 Å². The fraction of sp³-hybridized carbons (Fsp3) is 0.778. The van der Waals surface area contributed by atoms with Crippen molar-refractivity contribution in [2.45, 2.75) is 38.6 Å². The zero-order valence-electron chi connectivity index (χ0n) is 7.82. The van der Waals surface area contributed by atoms with Gasteiger partial charge in [0, 0.05) is 0 Å². The minimum absolute atomic E-state index is 0.0328. The van der Waals surface area contributed by atoms with E-state index in [1.54, 1.807) is 0 Å². The normalized spacial score (nSPS) is 11.2. The van der Waals surface area contributed by atoms with Crippen LogP contribution in [0.15, 0.2) is 9.98 Å². The molecule has 0 bridgehead atoms. The Hall–Kier alpha value is -1.24.